The molecular weight excluding hydrogens is 372 g/mol. The van der Waals surface area contributed by atoms with Crippen LogP contribution in [0.25, 0.3) is 0 Å². The Labute approximate surface area is 129 Å². The third-order valence-corrected chi connectivity index (χ3v) is 3.60. The first-order valence-corrected chi connectivity index (χ1v) is 7.42. The van der Waals surface area contributed by atoms with E-state index < -0.39 is 0 Å². The van der Waals surface area contributed by atoms with Crippen molar-refractivity contribution in [2.75, 3.05) is 17.7 Å². The standard InChI is InChI=1S/C14H14Br2N2O/c1-2-19-12-7-10(17)6-11(8-12)18-14-4-3-9(15)5-13(14)16/h3-8,18H,2,17H2,1H3. The largest absolute Gasteiger partial charge is 0.494 e. The minimum Gasteiger partial charge on any atom is -0.494 e. The molecule has 5 heteroatoms. The van der Waals surface area contributed by atoms with E-state index in [9.17, 15) is 0 Å². The lowest BCUT2D eigenvalue weighted by atomic mass is 10.2. The molecular formula is C14H14Br2N2O. The van der Waals surface area contributed by atoms with Crippen molar-refractivity contribution in [2.24, 2.45) is 0 Å². The lowest BCUT2D eigenvalue weighted by Gasteiger charge is -2.12. The van der Waals surface area contributed by atoms with Gasteiger partial charge in [0.15, 0.2) is 0 Å². The van der Waals surface area contributed by atoms with Crippen LogP contribution in [0.4, 0.5) is 17.1 Å². The van der Waals surface area contributed by atoms with E-state index in [1.54, 1.807) is 0 Å². The molecule has 3 nitrogen and oxygen atoms in total. The van der Waals surface area contributed by atoms with Crippen molar-refractivity contribution in [3.63, 3.8) is 0 Å². The number of nitrogens with two attached hydrogens (primary N) is 1. The molecule has 0 heterocycles. The quantitative estimate of drug-likeness (QED) is 0.733. The molecule has 0 aliphatic heterocycles. The first-order valence-electron chi connectivity index (χ1n) is 5.84. The lowest BCUT2D eigenvalue weighted by molar-refractivity contribution is 0.340. The maximum atomic E-state index is 5.87. The van der Waals surface area contributed by atoms with Crippen molar-refractivity contribution < 1.29 is 4.74 Å². The summed E-state index contributed by atoms with van der Waals surface area (Å²) in [5.74, 6) is 0.762. The molecule has 3 N–H and O–H groups in total. The number of halogens is 2. The maximum absolute atomic E-state index is 5.87. The first-order chi connectivity index (χ1) is 9.08. The van der Waals surface area contributed by atoms with Crippen LogP contribution in [-0.4, -0.2) is 6.61 Å². The Balaban J connectivity index is 2.27. The highest BCUT2D eigenvalue weighted by molar-refractivity contribution is 9.11. The lowest BCUT2D eigenvalue weighted by Crippen LogP contribution is -1.97. The molecule has 0 unspecified atom stereocenters. The Kier molecular flexibility index (Phi) is 4.71. The highest BCUT2D eigenvalue weighted by Gasteiger charge is 2.04. The molecule has 0 amide bonds. The van der Waals surface area contributed by atoms with E-state index in [2.05, 4.69) is 37.2 Å². The molecule has 0 aromatic heterocycles. The van der Waals surface area contributed by atoms with Crippen LogP contribution in [0, 0.1) is 0 Å². The second-order valence-electron chi connectivity index (χ2n) is 3.97. The first kappa shape index (κ1) is 14.2. The summed E-state index contributed by atoms with van der Waals surface area (Å²) in [4.78, 5) is 0. The summed E-state index contributed by atoms with van der Waals surface area (Å²) in [5, 5.41) is 3.31. The number of hydrogen-bond acceptors (Lipinski definition) is 3. The van der Waals surface area contributed by atoms with Crippen LogP contribution < -0.4 is 15.8 Å². The molecule has 2 aromatic carbocycles. The Morgan fingerprint density at radius 2 is 1.95 bits per heavy atom. The van der Waals surface area contributed by atoms with Crippen LogP contribution >= 0.6 is 31.9 Å². The van der Waals surface area contributed by atoms with Gasteiger partial charge in [0.2, 0.25) is 0 Å². The predicted molar refractivity (Wildman–Crippen MR) is 87.1 cm³/mol. The summed E-state index contributed by atoms with van der Waals surface area (Å²) in [6.07, 6.45) is 0. The zero-order valence-corrected chi connectivity index (χ0v) is 13.6. The third kappa shape index (κ3) is 3.88. The summed E-state index contributed by atoms with van der Waals surface area (Å²) in [6.45, 7) is 2.56. The van der Waals surface area contributed by atoms with Crippen LogP contribution in [0.5, 0.6) is 5.75 Å². The van der Waals surface area contributed by atoms with Crippen molar-refractivity contribution in [3.8, 4) is 5.75 Å². The van der Waals surface area contributed by atoms with Crippen LogP contribution in [-0.2, 0) is 0 Å². The Bertz CT molecular complexity index is 588. The van der Waals surface area contributed by atoms with Gasteiger partial charge in [-0.2, -0.15) is 0 Å². The van der Waals surface area contributed by atoms with Crippen LogP contribution in [0.1, 0.15) is 6.92 Å². The average Bonchev–Trinajstić information content (AvgIpc) is 2.32. The van der Waals surface area contributed by atoms with Crippen molar-refractivity contribution in [1.82, 2.24) is 0 Å². The highest BCUT2D eigenvalue weighted by Crippen LogP contribution is 2.31. The summed E-state index contributed by atoms with van der Waals surface area (Å²) in [6, 6.07) is 11.6. The molecule has 0 spiro atoms. The van der Waals surface area contributed by atoms with Gasteiger partial charge in [0, 0.05) is 32.5 Å². The summed E-state index contributed by atoms with van der Waals surface area (Å²) >= 11 is 6.95. The van der Waals surface area contributed by atoms with Crippen molar-refractivity contribution >= 4 is 48.9 Å². The molecule has 100 valence electrons. The van der Waals surface area contributed by atoms with E-state index in [1.807, 2.05) is 43.3 Å². The molecule has 19 heavy (non-hydrogen) atoms. The van der Waals surface area contributed by atoms with Gasteiger partial charge in [-0.15, -0.1) is 0 Å². The molecule has 0 aliphatic carbocycles. The van der Waals surface area contributed by atoms with E-state index in [0.29, 0.717) is 12.3 Å². The molecule has 0 saturated carbocycles. The van der Waals surface area contributed by atoms with Crippen molar-refractivity contribution in [3.05, 3.63) is 45.3 Å². The summed E-state index contributed by atoms with van der Waals surface area (Å²) in [5.41, 5.74) is 8.40. The maximum Gasteiger partial charge on any atom is 0.123 e. The Morgan fingerprint density at radius 1 is 1.16 bits per heavy atom. The van der Waals surface area contributed by atoms with Crippen LogP contribution in [0.3, 0.4) is 0 Å². The Hall–Kier alpha value is -1.20. The fourth-order valence-corrected chi connectivity index (χ4v) is 2.84. The molecule has 0 atom stereocenters. The number of nitrogens with one attached hydrogen (secondary N) is 1. The van der Waals surface area contributed by atoms with Gasteiger partial charge < -0.3 is 15.8 Å². The van der Waals surface area contributed by atoms with Crippen LogP contribution in [0.2, 0.25) is 0 Å². The van der Waals surface area contributed by atoms with Gasteiger partial charge in [0.05, 0.1) is 12.3 Å². The highest BCUT2D eigenvalue weighted by atomic mass is 79.9. The number of hydrogen-bond donors (Lipinski definition) is 2. The Morgan fingerprint density at radius 3 is 2.63 bits per heavy atom. The fraction of sp³-hybridized carbons (Fsp3) is 0.143. The number of anilines is 3. The van der Waals surface area contributed by atoms with Gasteiger partial charge in [-0.3, -0.25) is 0 Å². The third-order valence-electron chi connectivity index (χ3n) is 2.45. The van der Waals surface area contributed by atoms with Gasteiger partial charge in [0.1, 0.15) is 5.75 Å². The number of rotatable bonds is 4. The predicted octanol–water partition coefficient (Wildman–Crippen LogP) is 4.94. The zero-order valence-electron chi connectivity index (χ0n) is 10.4. The van der Waals surface area contributed by atoms with E-state index >= 15 is 0 Å². The van der Waals surface area contributed by atoms with Gasteiger partial charge in [-0.05, 0) is 47.1 Å². The molecule has 0 bridgehead atoms. The molecule has 0 fully saturated rings. The molecule has 2 aromatic rings. The van der Waals surface area contributed by atoms with E-state index in [4.69, 9.17) is 10.5 Å². The second-order valence-corrected chi connectivity index (χ2v) is 5.74. The van der Waals surface area contributed by atoms with E-state index in [1.165, 1.54) is 0 Å². The van der Waals surface area contributed by atoms with Gasteiger partial charge in [-0.25, -0.2) is 0 Å². The average molecular weight is 386 g/mol. The van der Waals surface area contributed by atoms with Crippen LogP contribution in [0.15, 0.2) is 45.3 Å². The number of ether oxygens (including phenoxy) is 1. The summed E-state index contributed by atoms with van der Waals surface area (Å²) < 4.78 is 7.47. The minimum absolute atomic E-state index is 0.616. The van der Waals surface area contributed by atoms with E-state index in [-0.39, 0.29) is 0 Å². The van der Waals surface area contributed by atoms with Crippen molar-refractivity contribution in [2.45, 2.75) is 6.92 Å². The van der Waals surface area contributed by atoms with E-state index in [0.717, 1.165) is 26.1 Å². The van der Waals surface area contributed by atoms with Gasteiger partial charge >= 0.3 is 0 Å². The fourth-order valence-electron chi connectivity index (χ4n) is 1.69. The smallest absolute Gasteiger partial charge is 0.123 e. The molecule has 0 radical (unpaired) electrons. The minimum atomic E-state index is 0.616. The summed E-state index contributed by atoms with van der Waals surface area (Å²) in [7, 11) is 0. The molecule has 0 aliphatic rings. The normalized spacial score (nSPS) is 10.3. The molecule has 0 saturated heterocycles. The van der Waals surface area contributed by atoms with Crippen molar-refractivity contribution in [1.29, 1.82) is 0 Å². The topological polar surface area (TPSA) is 47.3 Å². The SMILES string of the molecule is CCOc1cc(N)cc(Nc2ccc(Br)cc2Br)c1. The van der Waals surface area contributed by atoms with Gasteiger partial charge in [0.25, 0.3) is 0 Å². The van der Waals surface area contributed by atoms with Gasteiger partial charge in [-0.1, -0.05) is 15.9 Å². The second kappa shape index (κ2) is 6.30. The zero-order chi connectivity index (χ0) is 13.8. The number of benzene rings is 2. The molecule has 2 rings (SSSR count). The monoisotopic (exact) mass is 384 g/mol. The number of nitrogen functional groups attached to an aromatic ring is 1.